The van der Waals surface area contributed by atoms with Gasteiger partial charge in [0.2, 0.25) is 0 Å². The molecule has 2 aliphatic rings. The first-order chi connectivity index (χ1) is 8.73. The van der Waals surface area contributed by atoms with Gasteiger partial charge in [-0.05, 0) is 24.2 Å². The molecule has 0 aliphatic heterocycles. The highest BCUT2D eigenvalue weighted by Gasteiger charge is 2.69. The molecule has 2 atom stereocenters. The SMILES string of the molecule is CC(C)/C(N)=N/OC(=O)[C@]12CC[C@H](CC1=O)C2(C)C. The molecule has 106 valence electrons. The van der Waals surface area contributed by atoms with Crippen LogP contribution in [-0.2, 0) is 14.4 Å². The van der Waals surface area contributed by atoms with Crippen LogP contribution in [0.2, 0.25) is 0 Å². The minimum atomic E-state index is -1.02. The van der Waals surface area contributed by atoms with Gasteiger partial charge in [-0.1, -0.05) is 32.9 Å². The molecule has 2 fully saturated rings. The number of rotatable bonds is 3. The Hall–Kier alpha value is -1.39. The summed E-state index contributed by atoms with van der Waals surface area (Å²) >= 11 is 0. The number of nitrogens with two attached hydrogens (primary N) is 1. The van der Waals surface area contributed by atoms with Crippen molar-refractivity contribution >= 4 is 17.6 Å². The van der Waals surface area contributed by atoms with E-state index in [-0.39, 0.29) is 28.9 Å². The minimum absolute atomic E-state index is 0.00271. The average Bonchev–Trinajstić information content (AvgIpc) is 2.69. The van der Waals surface area contributed by atoms with Crippen LogP contribution in [0.3, 0.4) is 0 Å². The van der Waals surface area contributed by atoms with Crippen molar-refractivity contribution in [2.24, 2.45) is 33.6 Å². The van der Waals surface area contributed by atoms with Gasteiger partial charge >= 0.3 is 5.97 Å². The summed E-state index contributed by atoms with van der Waals surface area (Å²) in [5.41, 5.74) is 4.29. The van der Waals surface area contributed by atoms with Crippen LogP contribution in [0.15, 0.2) is 5.16 Å². The number of hydrogen-bond donors (Lipinski definition) is 1. The summed E-state index contributed by atoms with van der Waals surface area (Å²) in [4.78, 5) is 29.6. The van der Waals surface area contributed by atoms with E-state index in [1.54, 1.807) is 0 Å². The normalized spacial score (nSPS) is 33.0. The number of oxime groups is 1. The van der Waals surface area contributed by atoms with Crippen LogP contribution in [0.25, 0.3) is 0 Å². The second-order valence-electron chi connectivity index (χ2n) is 6.54. The Bertz CT molecular complexity index is 454. The Morgan fingerprint density at radius 2 is 2.11 bits per heavy atom. The third-order valence-electron chi connectivity index (χ3n) is 5.07. The third kappa shape index (κ3) is 1.78. The number of Topliss-reactive ketones (excluding diaryl/α,β-unsaturated/α-hetero) is 1. The van der Waals surface area contributed by atoms with E-state index < -0.39 is 11.4 Å². The smallest absolute Gasteiger partial charge is 0.349 e. The zero-order valence-corrected chi connectivity index (χ0v) is 12.0. The number of fused-ring (bicyclic) bond motifs is 2. The monoisotopic (exact) mass is 266 g/mol. The second-order valence-corrected chi connectivity index (χ2v) is 6.54. The Kier molecular flexibility index (Phi) is 3.19. The fraction of sp³-hybridized carbons (Fsp3) is 0.786. The molecule has 19 heavy (non-hydrogen) atoms. The molecule has 0 spiro atoms. The zero-order chi connectivity index (χ0) is 14.4. The predicted molar refractivity (Wildman–Crippen MR) is 71.1 cm³/mol. The zero-order valence-electron chi connectivity index (χ0n) is 12.0. The lowest BCUT2D eigenvalue weighted by atomic mass is 9.69. The van der Waals surface area contributed by atoms with Crippen molar-refractivity contribution in [2.45, 2.75) is 47.0 Å². The molecule has 0 heterocycles. The van der Waals surface area contributed by atoms with Crippen LogP contribution in [0.1, 0.15) is 47.0 Å². The Morgan fingerprint density at radius 1 is 1.47 bits per heavy atom. The molecular weight excluding hydrogens is 244 g/mol. The molecule has 2 rings (SSSR count). The Morgan fingerprint density at radius 3 is 2.53 bits per heavy atom. The number of amidine groups is 1. The molecule has 5 heteroatoms. The van der Waals surface area contributed by atoms with Crippen LogP contribution < -0.4 is 5.73 Å². The van der Waals surface area contributed by atoms with Crippen LogP contribution >= 0.6 is 0 Å². The van der Waals surface area contributed by atoms with Crippen molar-refractivity contribution in [3.63, 3.8) is 0 Å². The number of nitrogens with zero attached hydrogens (tertiary/aromatic N) is 1. The highest BCUT2D eigenvalue weighted by Crippen LogP contribution is 2.64. The van der Waals surface area contributed by atoms with Gasteiger partial charge < -0.3 is 10.6 Å². The molecular formula is C14H22N2O3. The summed E-state index contributed by atoms with van der Waals surface area (Å²) in [6.07, 6.45) is 1.95. The van der Waals surface area contributed by atoms with Crippen LogP contribution in [0.4, 0.5) is 0 Å². The largest absolute Gasteiger partial charge is 0.384 e. The average molecular weight is 266 g/mol. The van der Waals surface area contributed by atoms with E-state index >= 15 is 0 Å². The van der Waals surface area contributed by atoms with Gasteiger partial charge in [0, 0.05) is 12.3 Å². The maximum Gasteiger partial charge on any atom is 0.349 e. The van der Waals surface area contributed by atoms with Gasteiger partial charge in [0.05, 0.1) is 0 Å². The van der Waals surface area contributed by atoms with E-state index in [9.17, 15) is 9.59 Å². The summed E-state index contributed by atoms with van der Waals surface area (Å²) < 4.78 is 0. The first-order valence-electron chi connectivity index (χ1n) is 6.81. The van der Waals surface area contributed by atoms with E-state index in [2.05, 4.69) is 5.16 Å². The molecule has 2 saturated carbocycles. The molecule has 0 aromatic rings. The highest BCUT2D eigenvalue weighted by molar-refractivity contribution is 6.07. The maximum atomic E-state index is 12.4. The molecule has 0 unspecified atom stereocenters. The van der Waals surface area contributed by atoms with Crippen molar-refractivity contribution in [1.29, 1.82) is 0 Å². The highest BCUT2D eigenvalue weighted by atomic mass is 16.7. The van der Waals surface area contributed by atoms with Crippen molar-refractivity contribution in [3.05, 3.63) is 0 Å². The first-order valence-corrected chi connectivity index (χ1v) is 6.81. The summed E-state index contributed by atoms with van der Waals surface area (Å²) in [6.45, 7) is 7.68. The molecule has 0 amide bonds. The summed E-state index contributed by atoms with van der Waals surface area (Å²) in [6, 6.07) is 0. The number of carbonyl (C=O) groups excluding carboxylic acids is 2. The fourth-order valence-electron chi connectivity index (χ4n) is 3.43. The quantitative estimate of drug-likeness (QED) is 0.278. The maximum absolute atomic E-state index is 12.4. The van der Waals surface area contributed by atoms with E-state index in [0.29, 0.717) is 12.8 Å². The summed E-state index contributed by atoms with van der Waals surface area (Å²) in [7, 11) is 0. The van der Waals surface area contributed by atoms with Gasteiger partial charge in [-0.3, -0.25) is 4.79 Å². The van der Waals surface area contributed by atoms with Gasteiger partial charge in [-0.25, -0.2) is 4.79 Å². The van der Waals surface area contributed by atoms with Crippen LogP contribution in [0, 0.1) is 22.7 Å². The molecule has 0 radical (unpaired) electrons. The van der Waals surface area contributed by atoms with Gasteiger partial charge in [0.25, 0.3) is 0 Å². The van der Waals surface area contributed by atoms with E-state index in [1.165, 1.54) is 0 Å². The van der Waals surface area contributed by atoms with Crippen molar-refractivity contribution in [3.8, 4) is 0 Å². The first kappa shape index (κ1) is 14.0. The Labute approximate surface area is 113 Å². The minimum Gasteiger partial charge on any atom is -0.384 e. The lowest BCUT2D eigenvalue weighted by Gasteiger charge is -2.32. The van der Waals surface area contributed by atoms with Crippen molar-refractivity contribution in [2.75, 3.05) is 0 Å². The molecule has 0 aromatic heterocycles. The van der Waals surface area contributed by atoms with E-state index in [4.69, 9.17) is 10.6 Å². The van der Waals surface area contributed by atoms with Crippen LogP contribution in [0.5, 0.6) is 0 Å². The van der Waals surface area contributed by atoms with Crippen molar-refractivity contribution in [1.82, 2.24) is 0 Å². The molecule has 0 aromatic carbocycles. The number of ketones is 1. The summed E-state index contributed by atoms with van der Waals surface area (Å²) in [5.74, 6) is 0.0126. The molecule has 2 bridgehead atoms. The van der Waals surface area contributed by atoms with Gasteiger partial charge in [-0.2, -0.15) is 0 Å². The fourth-order valence-corrected chi connectivity index (χ4v) is 3.43. The lowest BCUT2D eigenvalue weighted by molar-refractivity contribution is -0.164. The number of hydrogen-bond acceptors (Lipinski definition) is 4. The molecule has 2 aliphatic carbocycles. The molecule has 5 nitrogen and oxygen atoms in total. The second kappa shape index (κ2) is 4.32. The standard InChI is InChI=1S/C14H22N2O3/c1-8(2)11(15)16-19-12(18)14-6-5-9(7-10(14)17)13(14,3)4/h8-9H,5-7H2,1-4H3,(H2,15,16)/t9-,14+/m1/s1. The van der Waals surface area contributed by atoms with Gasteiger partial charge in [0.15, 0.2) is 5.78 Å². The van der Waals surface area contributed by atoms with E-state index in [1.807, 2.05) is 27.7 Å². The van der Waals surface area contributed by atoms with Gasteiger partial charge in [0.1, 0.15) is 11.3 Å². The lowest BCUT2D eigenvalue weighted by Crippen LogP contribution is -2.44. The molecule has 0 saturated heterocycles. The Balaban J connectivity index is 2.23. The number of carbonyl (C=O) groups is 2. The van der Waals surface area contributed by atoms with E-state index in [0.717, 1.165) is 6.42 Å². The predicted octanol–water partition coefficient (Wildman–Crippen LogP) is 1.85. The summed E-state index contributed by atoms with van der Waals surface area (Å²) in [5, 5.41) is 3.67. The van der Waals surface area contributed by atoms with Crippen molar-refractivity contribution < 1.29 is 14.4 Å². The molecule has 2 N–H and O–H groups in total. The topological polar surface area (TPSA) is 81.8 Å². The third-order valence-corrected chi connectivity index (χ3v) is 5.07. The van der Waals surface area contributed by atoms with Gasteiger partial charge in [-0.15, -0.1) is 0 Å². The van der Waals surface area contributed by atoms with Crippen LogP contribution in [-0.4, -0.2) is 17.6 Å².